The smallest absolute Gasteiger partial charge is 0.0421 e. The van der Waals surface area contributed by atoms with Crippen molar-refractivity contribution >= 4 is 34.8 Å². The van der Waals surface area contributed by atoms with Crippen LogP contribution in [0.5, 0.6) is 0 Å². The van der Waals surface area contributed by atoms with Crippen LogP contribution in [0.2, 0.25) is 0 Å². The monoisotopic (exact) mass is 184 g/mol. The number of hydrogen-bond donors (Lipinski definition) is 0. The van der Waals surface area contributed by atoms with E-state index >= 15 is 0 Å². The van der Waals surface area contributed by atoms with Crippen LogP contribution in [-0.2, 0) is 0 Å². The van der Waals surface area contributed by atoms with Gasteiger partial charge in [0.05, 0.1) is 0 Å². The van der Waals surface area contributed by atoms with Gasteiger partial charge in [0.15, 0.2) is 0 Å². The zero-order valence-electron chi connectivity index (χ0n) is 4.78. The highest BCUT2D eigenvalue weighted by Gasteiger charge is 1.80. The van der Waals surface area contributed by atoms with Crippen LogP contribution in [0.1, 0.15) is 0 Å². The molecule has 0 saturated carbocycles. The molecule has 0 aliphatic rings. The van der Waals surface area contributed by atoms with Crippen molar-refractivity contribution in [3.8, 4) is 0 Å². The van der Waals surface area contributed by atoms with Gasteiger partial charge in [0.25, 0.3) is 0 Å². The lowest BCUT2D eigenvalue weighted by molar-refractivity contribution is 1.66. The van der Waals surface area contributed by atoms with E-state index in [4.69, 9.17) is 34.8 Å². The number of rotatable bonds is 3. The third kappa shape index (κ3) is 6.23. The van der Waals surface area contributed by atoms with Crippen molar-refractivity contribution < 1.29 is 0 Å². The van der Waals surface area contributed by atoms with E-state index < -0.39 is 0 Å². The molecule has 0 fully saturated rings. The van der Waals surface area contributed by atoms with Gasteiger partial charge in [-0.2, -0.15) is 0 Å². The lowest BCUT2D eigenvalue weighted by atomic mass is 10.4. The molecule has 3 heteroatoms. The molecule has 0 spiro atoms. The molecule has 0 nitrogen and oxygen atoms in total. The third-order valence-electron chi connectivity index (χ3n) is 0.638. The molecule has 0 aromatic heterocycles. The van der Waals surface area contributed by atoms with Crippen molar-refractivity contribution in [2.45, 2.75) is 0 Å². The molecule has 0 aliphatic carbocycles. The fraction of sp³-hybridized carbons (Fsp3) is 0.333. The first-order valence-corrected chi connectivity index (χ1v) is 3.90. The number of alkyl halides is 2. The largest absolute Gasteiger partial charge is 0.122 e. The summed E-state index contributed by atoms with van der Waals surface area (Å²) >= 11 is 16.3. The van der Waals surface area contributed by atoms with Crippen LogP contribution < -0.4 is 0 Å². The summed E-state index contributed by atoms with van der Waals surface area (Å²) < 4.78 is 0. The highest BCUT2D eigenvalue weighted by molar-refractivity contribution is 6.32. The van der Waals surface area contributed by atoms with Crippen LogP contribution in [-0.4, -0.2) is 11.8 Å². The maximum atomic E-state index is 5.59. The van der Waals surface area contributed by atoms with Gasteiger partial charge in [-0.15, -0.1) is 23.2 Å². The highest BCUT2D eigenvalue weighted by atomic mass is 35.5. The summed E-state index contributed by atoms with van der Waals surface area (Å²) in [6.07, 6.45) is 5.18. The molecule has 0 unspecified atom stereocenters. The normalized spacial score (nSPS) is 13.0. The van der Waals surface area contributed by atoms with Crippen molar-refractivity contribution in [3.05, 3.63) is 23.3 Å². The minimum Gasteiger partial charge on any atom is -0.122 e. The van der Waals surface area contributed by atoms with Crippen molar-refractivity contribution in [2.75, 3.05) is 11.8 Å². The van der Waals surface area contributed by atoms with Crippen LogP contribution in [0.3, 0.4) is 0 Å². The second kappa shape index (κ2) is 6.47. The molecule has 0 N–H and O–H groups in total. The molecular weight excluding hydrogens is 178 g/mol. The summed E-state index contributed by atoms with van der Waals surface area (Å²) in [5.74, 6) is 0.914. The zero-order chi connectivity index (χ0) is 7.11. The Hall–Kier alpha value is 0.350. The zero-order valence-corrected chi connectivity index (χ0v) is 7.05. The van der Waals surface area contributed by atoms with E-state index in [9.17, 15) is 0 Å². The molecule has 0 saturated heterocycles. The molecule has 0 amide bonds. The van der Waals surface area contributed by atoms with E-state index in [0.29, 0.717) is 16.8 Å². The molecule has 0 aliphatic heterocycles. The van der Waals surface area contributed by atoms with Crippen molar-refractivity contribution in [3.63, 3.8) is 0 Å². The molecule has 52 valence electrons. The molecule has 9 heavy (non-hydrogen) atoms. The van der Waals surface area contributed by atoms with E-state index in [1.54, 1.807) is 18.2 Å². The Balaban J connectivity index is 3.60. The van der Waals surface area contributed by atoms with Crippen molar-refractivity contribution in [2.24, 2.45) is 0 Å². The molecule has 0 aromatic rings. The van der Waals surface area contributed by atoms with Gasteiger partial charge in [-0.1, -0.05) is 23.8 Å². The van der Waals surface area contributed by atoms with E-state index in [-0.39, 0.29) is 0 Å². The molecular formula is C6H7Cl3. The highest BCUT2D eigenvalue weighted by Crippen LogP contribution is 2.02. The first-order valence-electron chi connectivity index (χ1n) is 2.45. The number of hydrogen-bond acceptors (Lipinski definition) is 0. The van der Waals surface area contributed by atoms with Crippen LogP contribution in [0.4, 0.5) is 0 Å². The van der Waals surface area contributed by atoms with Gasteiger partial charge in [0.2, 0.25) is 0 Å². The lowest BCUT2D eigenvalue weighted by Gasteiger charge is -1.83. The Morgan fingerprint density at radius 2 is 1.89 bits per heavy atom. The van der Waals surface area contributed by atoms with Gasteiger partial charge in [-0.05, 0) is 6.08 Å². The average molecular weight is 185 g/mol. The van der Waals surface area contributed by atoms with E-state index in [1.807, 2.05) is 0 Å². The Morgan fingerprint density at radius 3 is 2.33 bits per heavy atom. The summed E-state index contributed by atoms with van der Waals surface area (Å²) in [5, 5.41) is 0.630. The predicted octanol–water partition coefficient (Wildman–Crippen LogP) is 3.14. The first kappa shape index (κ1) is 9.35. The van der Waals surface area contributed by atoms with E-state index in [2.05, 4.69) is 0 Å². The molecule has 0 atom stereocenters. The van der Waals surface area contributed by atoms with Crippen LogP contribution in [0.15, 0.2) is 23.3 Å². The van der Waals surface area contributed by atoms with Gasteiger partial charge in [-0.25, -0.2) is 0 Å². The molecule has 0 radical (unpaired) electrons. The maximum Gasteiger partial charge on any atom is 0.0421 e. The second-order valence-electron chi connectivity index (χ2n) is 1.30. The Labute approximate surface area is 70.1 Å². The second-order valence-corrected chi connectivity index (χ2v) is 2.35. The van der Waals surface area contributed by atoms with Crippen LogP contribution in [0.25, 0.3) is 0 Å². The number of halogens is 3. The minimum absolute atomic E-state index is 0.436. The fourth-order valence-corrected chi connectivity index (χ4v) is 0.799. The standard InChI is InChI=1S/C6H7Cl3/c7-4-1-2-6(9)3-5-8/h1-3H,4-5H2/b2-1+,6-3-. The average Bonchev–Trinajstić information content (AvgIpc) is 1.85. The summed E-state index contributed by atoms with van der Waals surface area (Å²) in [5.41, 5.74) is 0. The van der Waals surface area contributed by atoms with Gasteiger partial charge in [0, 0.05) is 16.8 Å². The first-order chi connectivity index (χ1) is 4.31. The predicted molar refractivity (Wildman–Crippen MR) is 44.5 cm³/mol. The molecule has 0 bridgehead atoms. The Morgan fingerprint density at radius 1 is 1.22 bits per heavy atom. The van der Waals surface area contributed by atoms with Crippen molar-refractivity contribution in [1.82, 2.24) is 0 Å². The maximum absolute atomic E-state index is 5.59. The quantitative estimate of drug-likeness (QED) is 0.468. The van der Waals surface area contributed by atoms with E-state index in [1.165, 1.54) is 0 Å². The Kier molecular flexibility index (Phi) is 6.72. The SMILES string of the molecule is ClC/C=C(Cl)/C=C/CCl. The van der Waals surface area contributed by atoms with Crippen LogP contribution >= 0.6 is 34.8 Å². The van der Waals surface area contributed by atoms with Gasteiger partial charge in [-0.3, -0.25) is 0 Å². The van der Waals surface area contributed by atoms with Gasteiger partial charge >= 0.3 is 0 Å². The summed E-state index contributed by atoms with van der Waals surface area (Å²) in [4.78, 5) is 0. The lowest BCUT2D eigenvalue weighted by Crippen LogP contribution is -1.66. The third-order valence-corrected chi connectivity index (χ3v) is 1.25. The number of allylic oxidation sites excluding steroid dienone is 4. The van der Waals surface area contributed by atoms with Gasteiger partial charge < -0.3 is 0 Å². The molecule has 0 aromatic carbocycles. The Bertz CT molecular complexity index is 115. The summed E-state index contributed by atoms with van der Waals surface area (Å²) in [6, 6.07) is 0. The summed E-state index contributed by atoms with van der Waals surface area (Å²) in [6.45, 7) is 0. The minimum atomic E-state index is 0.436. The molecule has 0 rings (SSSR count). The summed E-state index contributed by atoms with van der Waals surface area (Å²) in [7, 11) is 0. The van der Waals surface area contributed by atoms with Gasteiger partial charge in [0.1, 0.15) is 0 Å². The van der Waals surface area contributed by atoms with E-state index in [0.717, 1.165) is 0 Å². The fourth-order valence-electron chi connectivity index (χ4n) is 0.299. The van der Waals surface area contributed by atoms with Crippen molar-refractivity contribution in [1.29, 1.82) is 0 Å². The topological polar surface area (TPSA) is 0 Å². The molecule has 0 heterocycles. The van der Waals surface area contributed by atoms with Crippen LogP contribution in [0, 0.1) is 0 Å².